The molecular weight excluding hydrogens is 394 g/mol. The van der Waals surface area contributed by atoms with Crippen LogP contribution in [0.2, 0.25) is 5.02 Å². The molecule has 0 fully saturated rings. The van der Waals surface area contributed by atoms with Crippen molar-refractivity contribution in [1.29, 1.82) is 0 Å². The van der Waals surface area contributed by atoms with Crippen LogP contribution in [0.5, 0.6) is 17.2 Å². The van der Waals surface area contributed by atoms with Crippen molar-refractivity contribution in [2.45, 2.75) is 26.7 Å². The second-order valence-electron chi connectivity index (χ2n) is 6.66. The van der Waals surface area contributed by atoms with E-state index in [0.717, 1.165) is 16.9 Å². The van der Waals surface area contributed by atoms with Gasteiger partial charge in [0.05, 0.1) is 18.3 Å². The Hall–Kier alpha value is -2.93. The van der Waals surface area contributed by atoms with Crippen LogP contribution in [0.15, 0.2) is 35.4 Å². The number of hydrazone groups is 1. The number of aryl methyl sites for hydroxylation is 1. The molecule has 29 heavy (non-hydrogen) atoms. The standard InChI is InChI=1S/C21H26ClN3O4/c1-13(2)16-6-5-14(3)9-18(16)28-7-8-29-20-17(22)10-15(11-19(20)27-4)12-24-25-21(23)26/h5-6,9-13H,7-8H2,1-4H3,(H3,23,25,26)/b24-12+. The van der Waals surface area contributed by atoms with Gasteiger partial charge in [0, 0.05) is 0 Å². The van der Waals surface area contributed by atoms with Crippen molar-refractivity contribution in [3.05, 3.63) is 52.0 Å². The van der Waals surface area contributed by atoms with Gasteiger partial charge in [-0.25, -0.2) is 10.2 Å². The monoisotopic (exact) mass is 419 g/mol. The predicted octanol–water partition coefficient (Wildman–Crippen LogP) is 4.24. The normalized spacial score (nSPS) is 11.0. The molecule has 2 aromatic rings. The number of urea groups is 1. The molecule has 2 amide bonds. The summed E-state index contributed by atoms with van der Waals surface area (Å²) in [5, 5.41) is 4.05. The lowest BCUT2D eigenvalue weighted by Crippen LogP contribution is -2.24. The van der Waals surface area contributed by atoms with Crippen LogP contribution in [0.4, 0.5) is 4.79 Å². The maximum Gasteiger partial charge on any atom is 0.332 e. The van der Waals surface area contributed by atoms with Gasteiger partial charge in [-0.05, 0) is 47.7 Å². The van der Waals surface area contributed by atoms with Crippen molar-refractivity contribution in [2.75, 3.05) is 20.3 Å². The summed E-state index contributed by atoms with van der Waals surface area (Å²) in [5.74, 6) is 2.07. The fourth-order valence-electron chi connectivity index (χ4n) is 2.66. The van der Waals surface area contributed by atoms with Crippen LogP contribution < -0.4 is 25.4 Å². The van der Waals surface area contributed by atoms with Crippen LogP contribution in [0, 0.1) is 6.92 Å². The van der Waals surface area contributed by atoms with E-state index < -0.39 is 6.03 Å². The number of amides is 2. The number of methoxy groups -OCH3 is 1. The van der Waals surface area contributed by atoms with Gasteiger partial charge in [-0.3, -0.25) is 0 Å². The van der Waals surface area contributed by atoms with Gasteiger partial charge in [0.15, 0.2) is 11.5 Å². The van der Waals surface area contributed by atoms with Gasteiger partial charge in [0.2, 0.25) is 0 Å². The molecule has 0 heterocycles. The van der Waals surface area contributed by atoms with E-state index in [1.54, 1.807) is 12.1 Å². The van der Waals surface area contributed by atoms with E-state index in [0.29, 0.717) is 34.6 Å². The summed E-state index contributed by atoms with van der Waals surface area (Å²) in [6.07, 6.45) is 1.40. The molecule has 8 heteroatoms. The fourth-order valence-corrected chi connectivity index (χ4v) is 2.94. The second kappa shape index (κ2) is 10.6. The van der Waals surface area contributed by atoms with E-state index >= 15 is 0 Å². The zero-order chi connectivity index (χ0) is 21.4. The molecular formula is C21H26ClN3O4. The third-order valence-corrected chi connectivity index (χ3v) is 4.30. The van der Waals surface area contributed by atoms with Crippen LogP contribution >= 0.6 is 11.6 Å². The van der Waals surface area contributed by atoms with E-state index in [1.165, 1.54) is 13.3 Å². The number of hydrogen-bond acceptors (Lipinski definition) is 5. The minimum absolute atomic E-state index is 0.290. The number of nitrogens with one attached hydrogen (secondary N) is 1. The number of carbonyl (C=O) groups is 1. The van der Waals surface area contributed by atoms with Gasteiger partial charge < -0.3 is 19.9 Å². The highest BCUT2D eigenvalue weighted by molar-refractivity contribution is 6.32. The molecule has 156 valence electrons. The molecule has 0 saturated carbocycles. The lowest BCUT2D eigenvalue weighted by molar-refractivity contribution is 0.210. The van der Waals surface area contributed by atoms with Crippen molar-refractivity contribution in [3.8, 4) is 17.2 Å². The Morgan fingerprint density at radius 3 is 2.59 bits per heavy atom. The summed E-state index contributed by atoms with van der Waals surface area (Å²) in [5.41, 5.74) is 9.99. The third-order valence-electron chi connectivity index (χ3n) is 4.02. The number of ether oxygens (including phenoxy) is 3. The summed E-state index contributed by atoms with van der Waals surface area (Å²) >= 11 is 6.32. The van der Waals surface area contributed by atoms with E-state index in [1.807, 2.05) is 13.0 Å². The SMILES string of the molecule is COc1cc(/C=N/NC(N)=O)cc(Cl)c1OCCOc1cc(C)ccc1C(C)C. The van der Waals surface area contributed by atoms with Gasteiger partial charge in [-0.2, -0.15) is 5.10 Å². The molecule has 0 saturated heterocycles. The van der Waals surface area contributed by atoms with Gasteiger partial charge >= 0.3 is 6.03 Å². The molecule has 0 aliphatic heterocycles. The van der Waals surface area contributed by atoms with Gasteiger partial charge in [-0.15, -0.1) is 0 Å². The first kappa shape index (κ1) is 22.4. The smallest absolute Gasteiger partial charge is 0.332 e. The Balaban J connectivity index is 2.03. The third kappa shape index (κ3) is 6.57. The zero-order valence-electron chi connectivity index (χ0n) is 17.0. The largest absolute Gasteiger partial charge is 0.493 e. The molecule has 0 radical (unpaired) electrons. The van der Waals surface area contributed by atoms with E-state index in [-0.39, 0.29) is 6.61 Å². The quantitative estimate of drug-likeness (QED) is 0.361. The number of rotatable bonds is 9. The van der Waals surface area contributed by atoms with Crippen molar-refractivity contribution in [1.82, 2.24) is 5.43 Å². The molecule has 7 nitrogen and oxygen atoms in total. The maximum absolute atomic E-state index is 10.7. The number of halogens is 1. The topological polar surface area (TPSA) is 95.2 Å². The fraction of sp³-hybridized carbons (Fsp3) is 0.333. The average Bonchev–Trinajstić information content (AvgIpc) is 2.65. The minimum Gasteiger partial charge on any atom is -0.493 e. The Morgan fingerprint density at radius 2 is 1.93 bits per heavy atom. The van der Waals surface area contributed by atoms with Crippen LogP contribution in [-0.4, -0.2) is 32.6 Å². The second-order valence-corrected chi connectivity index (χ2v) is 7.07. The van der Waals surface area contributed by atoms with Crippen LogP contribution in [0.1, 0.15) is 36.5 Å². The summed E-state index contributed by atoms with van der Waals surface area (Å²) < 4.78 is 17.1. The van der Waals surface area contributed by atoms with Gasteiger partial charge in [-0.1, -0.05) is 37.6 Å². The first-order valence-electron chi connectivity index (χ1n) is 9.14. The van der Waals surface area contributed by atoms with Crippen molar-refractivity contribution >= 4 is 23.8 Å². The Morgan fingerprint density at radius 1 is 1.21 bits per heavy atom. The van der Waals surface area contributed by atoms with Crippen LogP contribution in [-0.2, 0) is 0 Å². The lowest BCUT2D eigenvalue weighted by atomic mass is 10.0. The number of hydrogen-bond donors (Lipinski definition) is 2. The van der Waals surface area contributed by atoms with Gasteiger partial charge in [0.1, 0.15) is 19.0 Å². The molecule has 0 aliphatic carbocycles. The molecule has 0 bridgehead atoms. The minimum atomic E-state index is -0.756. The Kier molecular flexibility index (Phi) is 8.15. The molecule has 2 rings (SSSR count). The molecule has 0 aliphatic rings. The summed E-state index contributed by atoms with van der Waals surface area (Å²) in [7, 11) is 1.51. The number of primary amides is 1. The average molecular weight is 420 g/mol. The van der Waals surface area contributed by atoms with E-state index in [2.05, 4.69) is 36.5 Å². The molecule has 0 spiro atoms. The zero-order valence-corrected chi connectivity index (χ0v) is 17.7. The van der Waals surface area contributed by atoms with E-state index in [4.69, 9.17) is 31.5 Å². The Bertz CT molecular complexity index is 884. The van der Waals surface area contributed by atoms with Crippen molar-refractivity contribution in [3.63, 3.8) is 0 Å². The van der Waals surface area contributed by atoms with Crippen LogP contribution in [0.3, 0.4) is 0 Å². The molecule has 0 aromatic heterocycles. The summed E-state index contributed by atoms with van der Waals surface area (Å²) in [6, 6.07) is 8.76. The maximum atomic E-state index is 10.7. The van der Waals surface area contributed by atoms with Crippen molar-refractivity contribution < 1.29 is 19.0 Å². The number of benzene rings is 2. The molecule has 3 N–H and O–H groups in total. The first-order valence-corrected chi connectivity index (χ1v) is 9.51. The highest BCUT2D eigenvalue weighted by Gasteiger charge is 2.13. The number of carbonyl (C=O) groups excluding carboxylic acids is 1. The van der Waals surface area contributed by atoms with Gasteiger partial charge in [0.25, 0.3) is 0 Å². The van der Waals surface area contributed by atoms with Crippen molar-refractivity contribution in [2.24, 2.45) is 10.8 Å². The number of nitrogens with zero attached hydrogens (tertiary/aromatic N) is 1. The highest BCUT2D eigenvalue weighted by Crippen LogP contribution is 2.36. The summed E-state index contributed by atoms with van der Waals surface area (Å²) in [4.78, 5) is 10.7. The Labute approximate surface area is 175 Å². The molecule has 2 aromatic carbocycles. The highest BCUT2D eigenvalue weighted by atomic mass is 35.5. The van der Waals surface area contributed by atoms with E-state index in [9.17, 15) is 4.79 Å². The summed E-state index contributed by atoms with van der Waals surface area (Å²) in [6.45, 7) is 6.93. The predicted molar refractivity (Wildman–Crippen MR) is 115 cm³/mol. The molecule has 0 unspecified atom stereocenters. The lowest BCUT2D eigenvalue weighted by Gasteiger charge is -2.16. The first-order chi connectivity index (χ1) is 13.8. The van der Waals surface area contributed by atoms with Crippen LogP contribution in [0.25, 0.3) is 0 Å². The molecule has 0 atom stereocenters. The number of nitrogens with two attached hydrogens (primary N) is 1.